The number of piperidine rings is 1. The predicted octanol–water partition coefficient (Wildman–Crippen LogP) is 2.49. The fourth-order valence-corrected chi connectivity index (χ4v) is 1.61. The van der Waals surface area contributed by atoms with Crippen LogP contribution in [0.25, 0.3) is 0 Å². The Balaban J connectivity index is 0.000000225. The van der Waals surface area contributed by atoms with E-state index >= 15 is 0 Å². The largest absolute Gasteiger partial charge is 0.420 e. The number of nitrogen functional groups attached to an aromatic ring is 1. The van der Waals surface area contributed by atoms with E-state index in [1.165, 1.54) is 32.4 Å². The standard InChI is InChI=1S/C5H3ClF3N3.C5H11N/c6-3-2(5(7,8)9)1-11-4(10)12-3;1-2-4-6-5-3-1/h1H,(H2,10,11,12);6H,1-5H2. The predicted molar refractivity (Wildman–Crippen MR) is 63.2 cm³/mol. The summed E-state index contributed by atoms with van der Waals surface area (Å²) in [7, 11) is 0. The lowest BCUT2D eigenvalue weighted by atomic mass is 10.2. The number of aromatic nitrogens is 2. The lowest BCUT2D eigenvalue weighted by Crippen LogP contribution is -2.21. The molecule has 8 heteroatoms. The highest BCUT2D eigenvalue weighted by atomic mass is 35.5. The van der Waals surface area contributed by atoms with Gasteiger partial charge >= 0.3 is 6.18 Å². The first kappa shape index (κ1) is 15.0. The van der Waals surface area contributed by atoms with Crippen molar-refractivity contribution in [2.75, 3.05) is 18.8 Å². The molecular formula is C10H14ClF3N4. The monoisotopic (exact) mass is 282 g/mol. The number of halogens is 4. The highest BCUT2D eigenvalue weighted by Gasteiger charge is 2.34. The molecule has 0 bridgehead atoms. The quantitative estimate of drug-likeness (QED) is 0.718. The van der Waals surface area contributed by atoms with Crippen LogP contribution in [0.3, 0.4) is 0 Å². The number of nitrogens with zero attached hydrogens (tertiary/aromatic N) is 2. The van der Waals surface area contributed by atoms with E-state index in [-0.39, 0.29) is 5.95 Å². The summed E-state index contributed by atoms with van der Waals surface area (Å²) in [6.45, 7) is 2.50. The summed E-state index contributed by atoms with van der Waals surface area (Å²) in [5.41, 5.74) is 3.91. The van der Waals surface area contributed by atoms with E-state index in [1.54, 1.807) is 0 Å². The van der Waals surface area contributed by atoms with Crippen LogP contribution in [0.1, 0.15) is 24.8 Å². The van der Waals surface area contributed by atoms with Gasteiger partial charge in [-0.2, -0.15) is 13.2 Å². The van der Waals surface area contributed by atoms with Crippen molar-refractivity contribution in [3.8, 4) is 0 Å². The average Bonchev–Trinajstić information content (AvgIpc) is 2.30. The van der Waals surface area contributed by atoms with Gasteiger partial charge in [-0.15, -0.1) is 0 Å². The zero-order chi connectivity index (χ0) is 13.6. The number of hydrogen-bond acceptors (Lipinski definition) is 4. The maximum Gasteiger partial charge on any atom is 0.420 e. The van der Waals surface area contributed by atoms with Crippen LogP contribution in [0.15, 0.2) is 6.20 Å². The molecule has 1 aliphatic heterocycles. The van der Waals surface area contributed by atoms with Crippen LogP contribution >= 0.6 is 11.6 Å². The molecule has 1 aromatic rings. The smallest absolute Gasteiger partial charge is 0.368 e. The second-order valence-electron chi connectivity index (χ2n) is 3.74. The normalized spacial score (nSPS) is 15.8. The van der Waals surface area contributed by atoms with Crippen molar-refractivity contribution >= 4 is 17.5 Å². The molecule has 1 aliphatic rings. The molecule has 2 rings (SSSR count). The van der Waals surface area contributed by atoms with E-state index < -0.39 is 16.9 Å². The Labute approximate surface area is 108 Å². The molecule has 1 fully saturated rings. The molecule has 0 spiro atoms. The summed E-state index contributed by atoms with van der Waals surface area (Å²) >= 11 is 5.16. The minimum Gasteiger partial charge on any atom is -0.368 e. The van der Waals surface area contributed by atoms with Crippen LogP contribution in [0.2, 0.25) is 5.15 Å². The zero-order valence-corrected chi connectivity index (χ0v) is 10.4. The molecule has 3 N–H and O–H groups in total. The van der Waals surface area contributed by atoms with Gasteiger partial charge in [-0.05, 0) is 25.9 Å². The molecule has 0 atom stereocenters. The molecule has 0 amide bonds. The topological polar surface area (TPSA) is 63.8 Å². The molecule has 2 heterocycles. The average molecular weight is 283 g/mol. The van der Waals surface area contributed by atoms with Gasteiger partial charge in [0.1, 0.15) is 10.7 Å². The summed E-state index contributed by atoms with van der Waals surface area (Å²) in [6, 6.07) is 0. The van der Waals surface area contributed by atoms with Crippen molar-refractivity contribution in [1.29, 1.82) is 0 Å². The molecule has 4 nitrogen and oxygen atoms in total. The van der Waals surface area contributed by atoms with Crippen molar-refractivity contribution in [2.45, 2.75) is 25.4 Å². The van der Waals surface area contributed by atoms with Gasteiger partial charge in [0.2, 0.25) is 5.95 Å². The molecule has 18 heavy (non-hydrogen) atoms. The Hall–Kier alpha value is -1.08. The summed E-state index contributed by atoms with van der Waals surface area (Å²) in [5, 5.41) is 2.60. The number of nitrogens with two attached hydrogens (primary N) is 1. The number of rotatable bonds is 0. The summed E-state index contributed by atoms with van der Waals surface area (Å²) in [4.78, 5) is 6.32. The summed E-state index contributed by atoms with van der Waals surface area (Å²) in [5.74, 6) is -0.284. The van der Waals surface area contributed by atoms with Crippen molar-refractivity contribution in [2.24, 2.45) is 0 Å². The van der Waals surface area contributed by atoms with E-state index in [9.17, 15) is 13.2 Å². The van der Waals surface area contributed by atoms with Crippen molar-refractivity contribution in [1.82, 2.24) is 15.3 Å². The van der Waals surface area contributed by atoms with Gasteiger partial charge < -0.3 is 11.1 Å². The van der Waals surface area contributed by atoms with Gasteiger partial charge in [-0.1, -0.05) is 18.0 Å². The molecule has 0 aromatic carbocycles. The number of nitrogens with one attached hydrogen (secondary N) is 1. The van der Waals surface area contributed by atoms with E-state index in [2.05, 4.69) is 15.3 Å². The van der Waals surface area contributed by atoms with Crippen LogP contribution in [0.5, 0.6) is 0 Å². The minimum atomic E-state index is -4.54. The Morgan fingerprint density at radius 3 is 2.17 bits per heavy atom. The molecular weight excluding hydrogens is 269 g/mol. The summed E-state index contributed by atoms with van der Waals surface area (Å²) < 4.78 is 35.9. The second kappa shape index (κ2) is 6.75. The fourth-order valence-electron chi connectivity index (χ4n) is 1.37. The third-order valence-electron chi connectivity index (χ3n) is 2.27. The number of alkyl halides is 3. The van der Waals surface area contributed by atoms with E-state index in [4.69, 9.17) is 17.3 Å². The Morgan fingerprint density at radius 1 is 1.22 bits per heavy atom. The van der Waals surface area contributed by atoms with Gasteiger partial charge in [0.25, 0.3) is 0 Å². The van der Waals surface area contributed by atoms with Gasteiger partial charge in [0.05, 0.1) is 0 Å². The highest BCUT2D eigenvalue weighted by molar-refractivity contribution is 6.30. The summed E-state index contributed by atoms with van der Waals surface area (Å²) in [6.07, 6.45) is 0.225. The van der Waals surface area contributed by atoms with E-state index in [0.29, 0.717) is 6.20 Å². The van der Waals surface area contributed by atoms with E-state index in [1.807, 2.05) is 0 Å². The van der Waals surface area contributed by atoms with Crippen molar-refractivity contribution in [3.63, 3.8) is 0 Å². The second-order valence-corrected chi connectivity index (χ2v) is 4.10. The fraction of sp³-hybridized carbons (Fsp3) is 0.600. The number of anilines is 1. The van der Waals surface area contributed by atoms with Gasteiger partial charge in [-0.3, -0.25) is 0 Å². The Kier molecular flexibility index (Phi) is 5.61. The first-order valence-electron chi connectivity index (χ1n) is 5.47. The van der Waals surface area contributed by atoms with Crippen LogP contribution < -0.4 is 11.1 Å². The van der Waals surface area contributed by atoms with Crippen molar-refractivity contribution < 1.29 is 13.2 Å². The minimum absolute atomic E-state index is 0.284. The SMILES string of the molecule is C1CCNCC1.Nc1ncc(C(F)(F)F)c(Cl)n1. The molecule has 0 aliphatic carbocycles. The lowest BCUT2D eigenvalue weighted by Gasteiger charge is -2.08. The Morgan fingerprint density at radius 2 is 1.83 bits per heavy atom. The highest BCUT2D eigenvalue weighted by Crippen LogP contribution is 2.32. The molecule has 102 valence electrons. The third-order valence-corrected chi connectivity index (χ3v) is 2.56. The molecule has 1 saturated heterocycles. The van der Waals surface area contributed by atoms with Crippen molar-refractivity contribution in [3.05, 3.63) is 16.9 Å². The van der Waals surface area contributed by atoms with Crippen LogP contribution in [0, 0.1) is 0 Å². The molecule has 0 saturated carbocycles. The first-order chi connectivity index (χ1) is 8.41. The Bertz CT molecular complexity index is 368. The van der Waals surface area contributed by atoms with Crippen LogP contribution in [-0.4, -0.2) is 23.1 Å². The number of hydrogen-bond donors (Lipinski definition) is 2. The molecule has 0 radical (unpaired) electrons. The van der Waals surface area contributed by atoms with Gasteiger partial charge in [-0.25, -0.2) is 9.97 Å². The van der Waals surface area contributed by atoms with Crippen LogP contribution in [0.4, 0.5) is 19.1 Å². The first-order valence-corrected chi connectivity index (χ1v) is 5.85. The zero-order valence-electron chi connectivity index (χ0n) is 9.60. The molecule has 0 unspecified atom stereocenters. The van der Waals surface area contributed by atoms with Gasteiger partial charge in [0, 0.05) is 6.20 Å². The molecule has 1 aromatic heterocycles. The van der Waals surface area contributed by atoms with E-state index in [0.717, 1.165) is 0 Å². The maximum absolute atomic E-state index is 12.0. The third kappa shape index (κ3) is 5.05. The van der Waals surface area contributed by atoms with Gasteiger partial charge in [0.15, 0.2) is 0 Å². The maximum atomic E-state index is 12.0. The lowest BCUT2D eigenvalue weighted by molar-refractivity contribution is -0.137. The van der Waals surface area contributed by atoms with Crippen LogP contribution in [-0.2, 0) is 6.18 Å².